The van der Waals surface area contributed by atoms with Gasteiger partial charge in [0.25, 0.3) is 0 Å². The van der Waals surface area contributed by atoms with Crippen molar-refractivity contribution in [3.05, 3.63) is 0 Å². The van der Waals surface area contributed by atoms with E-state index >= 15 is 0 Å². The normalized spacial score (nSPS) is 12.0. The Kier molecular flexibility index (Phi) is 5.35. The molecule has 0 fully saturated rings. The van der Waals surface area contributed by atoms with Crippen LogP contribution >= 0.6 is 9.24 Å². The Morgan fingerprint density at radius 1 is 1.00 bits per heavy atom. The lowest BCUT2D eigenvalue weighted by Gasteiger charge is -2.26. The van der Waals surface area contributed by atoms with Crippen LogP contribution in [0.3, 0.4) is 0 Å². The van der Waals surface area contributed by atoms with Crippen molar-refractivity contribution in [1.82, 2.24) is 0 Å². The molecule has 0 aliphatic heterocycles. The van der Waals surface area contributed by atoms with E-state index in [9.17, 15) is 0 Å². The molecular weight excluding hydrogens is 139 g/mol. The first-order chi connectivity index (χ1) is 4.68. The van der Waals surface area contributed by atoms with Crippen LogP contribution in [0.2, 0.25) is 0 Å². The SMILES string of the molecule is CCCC(P)(CC)CCC. The molecule has 0 aromatic heterocycles. The van der Waals surface area contributed by atoms with Gasteiger partial charge < -0.3 is 0 Å². The summed E-state index contributed by atoms with van der Waals surface area (Å²) in [5.41, 5.74) is 0. The zero-order chi connectivity index (χ0) is 8.04. The molecule has 0 heterocycles. The maximum atomic E-state index is 3.03. The van der Waals surface area contributed by atoms with Crippen molar-refractivity contribution in [1.29, 1.82) is 0 Å². The van der Waals surface area contributed by atoms with Crippen molar-refractivity contribution in [3.8, 4) is 0 Å². The van der Waals surface area contributed by atoms with Crippen LogP contribution in [0.4, 0.5) is 0 Å². The molecule has 0 aliphatic carbocycles. The Balaban J connectivity index is 3.69. The van der Waals surface area contributed by atoms with Gasteiger partial charge in [-0.05, 0) is 24.4 Å². The van der Waals surface area contributed by atoms with Gasteiger partial charge in [-0.2, -0.15) is 0 Å². The topological polar surface area (TPSA) is 0 Å². The van der Waals surface area contributed by atoms with E-state index in [1.807, 2.05) is 0 Å². The molecule has 0 spiro atoms. The fourth-order valence-corrected chi connectivity index (χ4v) is 2.05. The van der Waals surface area contributed by atoms with E-state index in [4.69, 9.17) is 0 Å². The van der Waals surface area contributed by atoms with E-state index in [1.165, 1.54) is 32.1 Å². The molecule has 10 heavy (non-hydrogen) atoms. The third kappa shape index (κ3) is 3.56. The molecule has 0 bridgehead atoms. The molecule has 0 nitrogen and oxygen atoms in total. The van der Waals surface area contributed by atoms with Gasteiger partial charge in [0.15, 0.2) is 0 Å². The lowest BCUT2D eigenvalue weighted by Crippen LogP contribution is -2.18. The standard InChI is InChI=1S/C9H21P/c1-4-7-9(10,6-3)8-5-2/h4-8,10H2,1-3H3. The molecule has 0 radical (unpaired) electrons. The van der Waals surface area contributed by atoms with Gasteiger partial charge in [-0.25, -0.2) is 0 Å². The van der Waals surface area contributed by atoms with Crippen LogP contribution in [-0.2, 0) is 0 Å². The van der Waals surface area contributed by atoms with Gasteiger partial charge in [-0.15, -0.1) is 9.24 Å². The van der Waals surface area contributed by atoms with Crippen LogP contribution in [0.15, 0.2) is 0 Å². The third-order valence-electron chi connectivity index (χ3n) is 2.20. The molecular formula is C9H21P. The van der Waals surface area contributed by atoms with Gasteiger partial charge in [-0.1, -0.05) is 33.6 Å². The van der Waals surface area contributed by atoms with Gasteiger partial charge in [0.05, 0.1) is 0 Å². The Morgan fingerprint density at radius 3 is 1.60 bits per heavy atom. The van der Waals surface area contributed by atoms with Crippen LogP contribution in [0, 0.1) is 0 Å². The van der Waals surface area contributed by atoms with Crippen LogP contribution in [0.1, 0.15) is 52.9 Å². The van der Waals surface area contributed by atoms with Crippen molar-refractivity contribution in [2.24, 2.45) is 0 Å². The molecule has 62 valence electrons. The maximum Gasteiger partial charge on any atom is -0.0153 e. The van der Waals surface area contributed by atoms with E-state index in [0.717, 1.165) is 0 Å². The zero-order valence-corrected chi connectivity index (χ0v) is 8.77. The number of hydrogen-bond donors (Lipinski definition) is 0. The van der Waals surface area contributed by atoms with Gasteiger partial charge in [0, 0.05) is 0 Å². The molecule has 1 heteroatoms. The molecule has 0 aromatic carbocycles. The van der Waals surface area contributed by atoms with Crippen LogP contribution in [0.25, 0.3) is 0 Å². The zero-order valence-electron chi connectivity index (χ0n) is 7.61. The van der Waals surface area contributed by atoms with Gasteiger partial charge in [0.2, 0.25) is 0 Å². The van der Waals surface area contributed by atoms with Crippen molar-refractivity contribution >= 4 is 9.24 Å². The van der Waals surface area contributed by atoms with Crippen LogP contribution < -0.4 is 0 Å². The van der Waals surface area contributed by atoms with Gasteiger partial charge in [0.1, 0.15) is 0 Å². The molecule has 0 N–H and O–H groups in total. The highest BCUT2D eigenvalue weighted by atomic mass is 31.0. The van der Waals surface area contributed by atoms with E-state index < -0.39 is 0 Å². The predicted octanol–water partition coefficient (Wildman–Crippen LogP) is 3.61. The summed E-state index contributed by atoms with van der Waals surface area (Å²) in [6.45, 7) is 6.83. The fourth-order valence-electron chi connectivity index (χ4n) is 1.47. The average Bonchev–Trinajstić information content (AvgIpc) is 1.89. The molecule has 0 saturated heterocycles. The highest BCUT2D eigenvalue weighted by Crippen LogP contribution is 2.32. The highest BCUT2D eigenvalue weighted by molar-refractivity contribution is 7.18. The smallest absolute Gasteiger partial charge is 0.0153 e. The van der Waals surface area contributed by atoms with E-state index in [2.05, 4.69) is 30.0 Å². The Morgan fingerprint density at radius 2 is 1.40 bits per heavy atom. The first-order valence-electron chi connectivity index (χ1n) is 4.47. The molecule has 1 unspecified atom stereocenters. The Bertz CT molecular complexity index is 72.8. The van der Waals surface area contributed by atoms with Crippen molar-refractivity contribution in [3.63, 3.8) is 0 Å². The van der Waals surface area contributed by atoms with Gasteiger partial charge in [-0.3, -0.25) is 0 Å². The molecule has 1 atom stereocenters. The summed E-state index contributed by atoms with van der Waals surface area (Å²) in [5.74, 6) is 0. The van der Waals surface area contributed by atoms with Gasteiger partial charge >= 0.3 is 0 Å². The van der Waals surface area contributed by atoms with E-state index in [1.54, 1.807) is 0 Å². The summed E-state index contributed by atoms with van der Waals surface area (Å²) in [6, 6.07) is 0. The molecule has 0 aromatic rings. The summed E-state index contributed by atoms with van der Waals surface area (Å²) >= 11 is 0. The van der Waals surface area contributed by atoms with Crippen LogP contribution in [0.5, 0.6) is 0 Å². The van der Waals surface area contributed by atoms with Crippen molar-refractivity contribution in [2.75, 3.05) is 0 Å². The second-order valence-electron chi connectivity index (χ2n) is 3.22. The van der Waals surface area contributed by atoms with Crippen LogP contribution in [-0.4, -0.2) is 5.16 Å². The monoisotopic (exact) mass is 160 g/mol. The molecule has 0 aliphatic rings. The Labute approximate surface area is 68.0 Å². The number of rotatable bonds is 5. The van der Waals surface area contributed by atoms with Crippen molar-refractivity contribution < 1.29 is 0 Å². The Hall–Kier alpha value is 0.430. The largest absolute Gasteiger partial charge is 0.131 e. The molecule has 0 saturated carbocycles. The third-order valence-corrected chi connectivity index (χ3v) is 3.19. The summed E-state index contributed by atoms with van der Waals surface area (Å²) in [6.07, 6.45) is 6.66. The fraction of sp³-hybridized carbons (Fsp3) is 1.00. The first kappa shape index (κ1) is 10.4. The summed E-state index contributed by atoms with van der Waals surface area (Å²) in [5, 5.41) is 0.559. The minimum Gasteiger partial charge on any atom is -0.131 e. The predicted molar refractivity (Wildman–Crippen MR) is 52.5 cm³/mol. The summed E-state index contributed by atoms with van der Waals surface area (Å²) in [4.78, 5) is 0. The van der Waals surface area contributed by atoms with E-state index in [-0.39, 0.29) is 0 Å². The molecule has 0 rings (SSSR count). The summed E-state index contributed by atoms with van der Waals surface area (Å²) in [7, 11) is 3.03. The average molecular weight is 160 g/mol. The molecule has 0 amide bonds. The minimum atomic E-state index is 0.559. The first-order valence-corrected chi connectivity index (χ1v) is 5.05. The minimum absolute atomic E-state index is 0.559. The quantitative estimate of drug-likeness (QED) is 0.539. The number of hydrogen-bond acceptors (Lipinski definition) is 0. The van der Waals surface area contributed by atoms with E-state index in [0.29, 0.717) is 5.16 Å². The lowest BCUT2D eigenvalue weighted by atomic mass is 9.94. The summed E-state index contributed by atoms with van der Waals surface area (Å²) < 4.78 is 0. The lowest BCUT2D eigenvalue weighted by molar-refractivity contribution is 0.475. The highest BCUT2D eigenvalue weighted by Gasteiger charge is 2.18. The maximum absolute atomic E-state index is 3.03. The second-order valence-corrected chi connectivity index (χ2v) is 4.44. The second kappa shape index (κ2) is 5.13. The van der Waals surface area contributed by atoms with Crippen molar-refractivity contribution in [2.45, 2.75) is 58.0 Å².